The molecule has 1 aliphatic rings. The highest BCUT2D eigenvalue weighted by Gasteiger charge is 2.42. The molecule has 1 aliphatic heterocycles. The number of ether oxygens (including phenoxy) is 1. The van der Waals surface area contributed by atoms with Crippen LogP contribution in [0.5, 0.6) is 5.75 Å². The van der Waals surface area contributed by atoms with Gasteiger partial charge in [0, 0.05) is 17.3 Å². The quantitative estimate of drug-likeness (QED) is 0.835. The molecule has 1 amide bonds. The molecule has 1 heterocycles. The summed E-state index contributed by atoms with van der Waals surface area (Å²) in [6.07, 6.45) is 1.94. The van der Waals surface area contributed by atoms with Gasteiger partial charge >= 0.3 is 0 Å². The van der Waals surface area contributed by atoms with E-state index in [-0.39, 0.29) is 5.91 Å². The third kappa shape index (κ3) is 1.40. The van der Waals surface area contributed by atoms with E-state index < -0.39 is 4.75 Å². The first-order valence-corrected chi connectivity index (χ1v) is 5.89. The smallest absolute Gasteiger partial charge is 0.244 e. The van der Waals surface area contributed by atoms with Crippen LogP contribution in [-0.4, -0.2) is 19.3 Å². The third-order valence-corrected chi connectivity index (χ3v) is 4.05. The summed E-state index contributed by atoms with van der Waals surface area (Å²) in [5, 5.41) is 2.87. The van der Waals surface area contributed by atoms with Gasteiger partial charge in [-0.1, -0.05) is 6.07 Å². The summed E-state index contributed by atoms with van der Waals surface area (Å²) < 4.78 is 4.65. The van der Waals surface area contributed by atoms with Crippen LogP contribution in [0.15, 0.2) is 18.2 Å². The number of hydrogen-bond acceptors (Lipinski definition) is 3. The number of fused-ring (bicyclic) bond motifs is 1. The zero-order valence-electron chi connectivity index (χ0n) is 8.96. The van der Waals surface area contributed by atoms with E-state index in [0.29, 0.717) is 0 Å². The number of benzene rings is 1. The van der Waals surface area contributed by atoms with E-state index >= 15 is 0 Å². The van der Waals surface area contributed by atoms with E-state index in [9.17, 15) is 4.79 Å². The van der Waals surface area contributed by atoms with Crippen molar-refractivity contribution in [2.45, 2.75) is 11.7 Å². The minimum Gasteiger partial charge on any atom is -0.497 e. The number of carbonyl (C=O) groups excluding carboxylic acids is 1. The van der Waals surface area contributed by atoms with Crippen LogP contribution in [-0.2, 0) is 9.54 Å². The number of thioether (sulfide) groups is 1. The Balaban J connectivity index is 2.52. The monoisotopic (exact) mass is 223 g/mol. The molecule has 0 spiro atoms. The van der Waals surface area contributed by atoms with E-state index in [1.54, 1.807) is 18.9 Å². The molecule has 80 valence electrons. The molecule has 1 unspecified atom stereocenters. The fourth-order valence-corrected chi connectivity index (χ4v) is 2.37. The van der Waals surface area contributed by atoms with Gasteiger partial charge in [0.15, 0.2) is 0 Å². The Kier molecular flexibility index (Phi) is 2.38. The normalized spacial score (nSPS) is 23.5. The number of amides is 1. The number of methoxy groups -OCH3 is 1. The average molecular weight is 223 g/mol. The molecule has 0 aliphatic carbocycles. The Hall–Kier alpha value is -1.16. The molecule has 0 fully saturated rings. The summed E-state index contributed by atoms with van der Waals surface area (Å²) in [4.78, 5) is 11.8. The van der Waals surface area contributed by atoms with Crippen LogP contribution < -0.4 is 10.1 Å². The fourth-order valence-electron chi connectivity index (χ4n) is 1.74. The fraction of sp³-hybridized carbons (Fsp3) is 0.364. The van der Waals surface area contributed by atoms with Crippen LogP contribution in [0.4, 0.5) is 5.69 Å². The molecule has 0 bridgehead atoms. The summed E-state index contributed by atoms with van der Waals surface area (Å²) in [6.45, 7) is 1.94. The lowest BCUT2D eigenvalue weighted by Gasteiger charge is -2.18. The molecule has 0 saturated carbocycles. The molecule has 2 rings (SSSR count). The van der Waals surface area contributed by atoms with Crippen molar-refractivity contribution >= 4 is 23.4 Å². The third-order valence-electron chi connectivity index (χ3n) is 2.83. The summed E-state index contributed by atoms with van der Waals surface area (Å²) in [7, 11) is 1.62. The van der Waals surface area contributed by atoms with E-state index in [2.05, 4.69) is 5.32 Å². The zero-order valence-corrected chi connectivity index (χ0v) is 9.77. The largest absolute Gasteiger partial charge is 0.497 e. The van der Waals surface area contributed by atoms with Crippen molar-refractivity contribution in [2.24, 2.45) is 0 Å². The van der Waals surface area contributed by atoms with E-state index in [0.717, 1.165) is 17.0 Å². The van der Waals surface area contributed by atoms with Crippen molar-refractivity contribution < 1.29 is 9.53 Å². The Labute approximate surface area is 93.2 Å². The van der Waals surface area contributed by atoms with Crippen LogP contribution in [0, 0.1) is 0 Å². The molecule has 1 atom stereocenters. The van der Waals surface area contributed by atoms with Crippen LogP contribution in [0.3, 0.4) is 0 Å². The molecule has 15 heavy (non-hydrogen) atoms. The van der Waals surface area contributed by atoms with Gasteiger partial charge in [-0.25, -0.2) is 0 Å². The van der Waals surface area contributed by atoms with Gasteiger partial charge in [0.1, 0.15) is 10.5 Å². The van der Waals surface area contributed by atoms with Gasteiger partial charge in [-0.15, -0.1) is 11.8 Å². The average Bonchev–Trinajstić information content (AvgIpc) is 2.51. The standard InChI is InChI=1S/C11H13NO2S/c1-11(15-3)8-5-4-7(14-2)6-9(8)12-10(11)13/h4-6H,1-3H3,(H,12,13). The molecule has 1 aromatic rings. The zero-order chi connectivity index (χ0) is 11.1. The van der Waals surface area contributed by atoms with Crippen molar-refractivity contribution in [3.05, 3.63) is 23.8 Å². The Bertz CT molecular complexity index is 419. The lowest BCUT2D eigenvalue weighted by molar-refractivity contribution is -0.117. The van der Waals surface area contributed by atoms with Crippen molar-refractivity contribution in [3.8, 4) is 5.75 Å². The molecular weight excluding hydrogens is 210 g/mol. The van der Waals surface area contributed by atoms with Gasteiger partial charge in [-0.2, -0.15) is 0 Å². The topological polar surface area (TPSA) is 38.3 Å². The second kappa shape index (κ2) is 3.45. The van der Waals surface area contributed by atoms with E-state index in [4.69, 9.17) is 4.74 Å². The Morgan fingerprint density at radius 3 is 2.80 bits per heavy atom. The van der Waals surface area contributed by atoms with Gasteiger partial charge in [0.25, 0.3) is 0 Å². The highest BCUT2D eigenvalue weighted by atomic mass is 32.2. The van der Waals surface area contributed by atoms with Crippen LogP contribution in [0.25, 0.3) is 0 Å². The predicted molar refractivity (Wildman–Crippen MR) is 62.5 cm³/mol. The molecule has 3 nitrogen and oxygen atoms in total. The minimum absolute atomic E-state index is 0.0400. The summed E-state index contributed by atoms with van der Waals surface area (Å²) in [6, 6.07) is 5.69. The molecule has 0 aromatic heterocycles. The van der Waals surface area contributed by atoms with Gasteiger partial charge in [-0.05, 0) is 19.2 Å². The van der Waals surface area contributed by atoms with Crippen LogP contribution >= 0.6 is 11.8 Å². The van der Waals surface area contributed by atoms with Gasteiger partial charge < -0.3 is 10.1 Å². The van der Waals surface area contributed by atoms with Crippen LogP contribution in [0.1, 0.15) is 12.5 Å². The van der Waals surface area contributed by atoms with E-state index in [1.807, 2.05) is 31.4 Å². The minimum atomic E-state index is -0.471. The molecule has 0 saturated heterocycles. The van der Waals surface area contributed by atoms with Gasteiger partial charge in [0.05, 0.1) is 7.11 Å². The van der Waals surface area contributed by atoms with Gasteiger partial charge in [-0.3, -0.25) is 4.79 Å². The first kappa shape index (κ1) is 10.4. The second-order valence-electron chi connectivity index (χ2n) is 3.60. The number of nitrogens with one attached hydrogen (secondary N) is 1. The number of anilines is 1. The Morgan fingerprint density at radius 2 is 2.20 bits per heavy atom. The molecule has 1 N–H and O–H groups in total. The highest BCUT2D eigenvalue weighted by molar-refractivity contribution is 8.00. The number of carbonyl (C=O) groups is 1. The Morgan fingerprint density at radius 1 is 1.47 bits per heavy atom. The summed E-state index contributed by atoms with van der Waals surface area (Å²) >= 11 is 1.55. The second-order valence-corrected chi connectivity index (χ2v) is 4.83. The highest BCUT2D eigenvalue weighted by Crippen LogP contribution is 2.45. The summed E-state index contributed by atoms with van der Waals surface area (Å²) in [5.74, 6) is 0.803. The first-order chi connectivity index (χ1) is 7.11. The van der Waals surface area contributed by atoms with E-state index in [1.165, 1.54) is 0 Å². The van der Waals surface area contributed by atoms with Crippen LogP contribution in [0.2, 0.25) is 0 Å². The SMILES string of the molecule is COc1ccc2c(c1)NC(=O)C2(C)SC. The predicted octanol–water partition coefficient (Wildman–Crippen LogP) is 2.23. The maximum atomic E-state index is 11.8. The maximum absolute atomic E-state index is 11.8. The lowest BCUT2D eigenvalue weighted by atomic mass is 10.0. The lowest BCUT2D eigenvalue weighted by Crippen LogP contribution is -2.26. The maximum Gasteiger partial charge on any atom is 0.244 e. The van der Waals surface area contributed by atoms with Crippen molar-refractivity contribution in [1.29, 1.82) is 0 Å². The molecule has 1 aromatic carbocycles. The van der Waals surface area contributed by atoms with Gasteiger partial charge in [0.2, 0.25) is 5.91 Å². The molecule has 4 heteroatoms. The summed E-state index contributed by atoms with van der Waals surface area (Å²) in [5.41, 5.74) is 1.89. The van der Waals surface area contributed by atoms with Crippen molar-refractivity contribution in [3.63, 3.8) is 0 Å². The molecule has 0 radical (unpaired) electrons. The van der Waals surface area contributed by atoms with Crippen molar-refractivity contribution in [2.75, 3.05) is 18.7 Å². The number of rotatable bonds is 2. The van der Waals surface area contributed by atoms with Crippen molar-refractivity contribution in [1.82, 2.24) is 0 Å². The number of hydrogen-bond donors (Lipinski definition) is 1. The molecular formula is C11H13NO2S. The first-order valence-electron chi connectivity index (χ1n) is 4.67.